The Bertz CT molecular complexity index is 731. The fourth-order valence-corrected chi connectivity index (χ4v) is 10.6. The van der Waals surface area contributed by atoms with Crippen LogP contribution in [0.15, 0.2) is 0 Å². The monoisotopic (exact) mass is 460 g/mol. The van der Waals surface area contributed by atoms with Gasteiger partial charge in [0.1, 0.15) is 0 Å². The van der Waals surface area contributed by atoms with Gasteiger partial charge in [-0.25, -0.2) is 0 Å². The second-order valence-corrected chi connectivity index (χ2v) is 13.7. The van der Waals surface area contributed by atoms with E-state index in [0.29, 0.717) is 47.4 Å². The quantitative estimate of drug-likeness (QED) is 0.577. The highest BCUT2D eigenvalue weighted by molar-refractivity contribution is 5.15. The molecule has 0 aromatic rings. The smallest absolute Gasteiger partial charge is 0.171 e. The molecule has 0 aromatic heterocycles. The predicted octanol–water partition coefficient (Wildman–Crippen LogP) is 5.81. The molecule has 6 rings (SSSR count). The van der Waals surface area contributed by atoms with Gasteiger partial charge in [-0.2, -0.15) is 0 Å². The lowest BCUT2D eigenvalue weighted by molar-refractivity contribution is -0.273. The molecule has 6 aliphatic rings. The molecule has 188 valence electrons. The Labute approximate surface area is 201 Å². The molecule has 2 saturated heterocycles. The van der Waals surface area contributed by atoms with Crippen molar-refractivity contribution >= 4 is 0 Å². The van der Waals surface area contributed by atoms with Gasteiger partial charge in [0.15, 0.2) is 5.79 Å². The summed E-state index contributed by atoms with van der Waals surface area (Å²) in [6, 6.07) is 0. The summed E-state index contributed by atoms with van der Waals surface area (Å²) in [6.45, 7) is 11.6. The summed E-state index contributed by atoms with van der Waals surface area (Å²) < 4.78 is 19.4. The Balaban J connectivity index is 1.19. The van der Waals surface area contributed by atoms with Gasteiger partial charge >= 0.3 is 0 Å². The van der Waals surface area contributed by atoms with E-state index in [1.807, 2.05) is 0 Å². The average molecular weight is 461 g/mol. The molecule has 0 bridgehead atoms. The Morgan fingerprint density at radius 3 is 2.48 bits per heavy atom. The number of rotatable bonds is 3. The molecule has 2 heterocycles. The van der Waals surface area contributed by atoms with E-state index in [9.17, 15) is 5.11 Å². The average Bonchev–Trinajstić information content (AvgIpc) is 3.24. The van der Waals surface area contributed by atoms with E-state index in [-0.39, 0.29) is 12.4 Å². The van der Waals surface area contributed by atoms with Crippen LogP contribution in [0, 0.1) is 52.3 Å². The first-order valence-electron chi connectivity index (χ1n) is 14.3. The standard InChI is InChI=1S/C29H48O4/c1-18-7-12-29(32-17-18)19(2)26-25(33-29)16-24-22-6-5-20-15-21(31-14-13-30)8-10-27(20,3)23(22)9-11-28(24,26)4/h18-26,30H,5-17H2,1-4H3/t18-,19+,20+,21+,22-,23+,24+,25+,26+,27+,28+,29-/m1/s1. The van der Waals surface area contributed by atoms with Crippen molar-refractivity contribution < 1.29 is 19.3 Å². The summed E-state index contributed by atoms with van der Waals surface area (Å²) in [7, 11) is 0. The van der Waals surface area contributed by atoms with Crippen LogP contribution in [0.25, 0.3) is 0 Å². The van der Waals surface area contributed by atoms with Gasteiger partial charge in [-0.3, -0.25) is 0 Å². The fraction of sp³-hybridized carbons (Fsp3) is 1.00. The van der Waals surface area contributed by atoms with Crippen molar-refractivity contribution in [2.45, 2.75) is 110 Å². The molecule has 0 amide bonds. The minimum atomic E-state index is -0.288. The number of ether oxygens (including phenoxy) is 3. The van der Waals surface area contributed by atoms with E-state index in [4.69, 9.17) is 14.2 Å². The van der Waals surface area contributed by atoms with Crippen molar-refractivity contribution in [2.75, 3.05) is 19.8 Å². The first-order chi connectivity index (χ1) is 15.8. The van der Waals surface area contributed by atoms with Gasteiger partial charge in [-0.05, 0) is 104 Å². The van der Waals surface area contributed by atoms with Crippen LogP contribution in [0.3, 0.4) is 0 Å². The number of hydrogen-bond donors (Lipinski definition) is 1. The summed E-state index contributed by atoms with van der Waals surface area (Å²) in [5, 5.41) is 9.18. The van der Waals surface area contributed by atoms with Crippen molar-refractivity contribution in [3.63, 3.8) is 0 Å². The van der Waals surface area contributed by atoms with Gasteiger partial charge < -0.3 is 19.3 Å². The second kappa shape index (κ2) is 8.18. The second-order valence-electron chi connectivity index (χ2n) is 13.7. The summed E-state index contributed by atoms with van der Waals surface area (Å²) in [5.41, 5.74) is 0.906. The number of aliphatic hydroxyl groups excluding tert-OH is 1. The number of fused-ring (bicyclic) bond motifs is 7. The SMILES string of the molecule is C[C@@H]1CC[C@@]2(OC1)O[C@H]1C[C@H]3[C@@H]4CC[C@H]5C[C@@H](OCCO)CC[C@]5(C)[C@H]4CC[C@]3(C)[C@H]1[C@@H]2C. The maximum Gasteiger partial charge on any atom is 0.171 e. The summed E-state index contributed by atoms with van der Waals surface area (Å²) >= 11 is 0. The van der Waals surface area contributed by atoms with E-state index in [1.165, 1.54) is 57.8 Å². The van der Waals surface area contributed by atoms with Crippen molar-refractivity contribution in [1.29, 1.82) is 0 Å². The lowest BCUT2D eigenvalue weighted by Crippen LogP contribution is -2.55. The lowest BCUT2D eigenvalue weighted by Gasteiger charge is -2.61. The molecular formula is C29H48O4. The van der Waals surface area contributed by atoms with E-state index >= 15 is 0 Å². The zero-order valence-corrected chi connectivity index (χ0v) is 21.6. The molecule has 0 unspecified atom stereocenters. The van der Waals surface area contributed by atoms with Crippen LogP contribution in [0.4, 0.5) is 0 Å². The van der Waals surface area contributed by atoms with Crippen LogP contribution < -0.4 is 0 Å². The molecule has 4 aliphatic carbocycles. The zero-order chi connectivity index (χ0) is 23.0. The molecule has 1 N–H and O–H groups in total. The maximum atomic E-state index is 9.18. The minimum absolute atomic E-state index is 0.150. The molecule has 4 saturated carbocycles. The summed E-state index contributed by atoms with van der Waals surface area (Å²) in [5.74, 6) is 4.96. The molecule has 4 nitrogen and oxygen atoms in total. The summed E-state index contributed by atoms with van der Waals surface area (Å²) in [4.78, 5) is 0. The Hall–Kier alpha value is -0.160. The molecule has 33 heavy (non-hydrogen) atoms. The minimum Gasteiger partial charge on any atom is -0.394 e. The van der Waals surface area contributed by atoms with Gasteiger partial charge in [0.2, 0.25) is 0 Å². The van der Waals surface area contributed by atoms with Crippen LogP contribution in [-0.4, -0.2) is 42.9 Å². The first kappa shape index (κ1) is 23.3. The Morgan fingerprint density at radius 1 is 0.909 bits per heavy atom. The van der Waals surface area contributed by atoms with Crippen molar-refractivity contribution in [3.8, 4) is 0 Å². The fourth-order valence-electron chi connectivity index (χ4n) is 10.6. The maximum absolute atomic E-state index is 9.18. The molecule has 0 radical (unpaired) electrons. The van der Waals surface area contributed by atoms with Crippen molar-refractivity contribution in [1.82, 2.24) is 0 Å². The van der Waals surface area contributed by atoms with Crippen LogP contribution in [0.2, 0.25) is 0 Å². The molecule has 12 atom stereocenters. The summed E-state index contributed by atoms with van der Waals surface area (Å²) in [6.07, 6.45) is 13.7. The third-order valence-corrected chi connectivity index (χ3v) is 12.3. The highest BCUT2D eigenvalue weighted by Gasteiger charge is 2.69. The molecular weight excluding hydrogens is 412 g/mol. The molecule has 1 spiro atoms. The van der Waals surface area contributed by atoms with E-state index < -0.39 is 0 Å². The zero-order valence-electron chi connectivity index (χ0n) is 21.6. The van der Waals surface area contributed by atoms with Crippen LogP contribution in [0.5, 0.6) is 0 Å². The van der Waals surface area contributed by atoms with Gasteiger partial charge in [-0.15, -0.1) is 0 Å². The third kappa shape index (κ3) is 3.36. The van der Waals surface area contributed by atoms with Gasteiger partial charge in [0.05, 0.1) is 32.0 Å². The predicted molar refractivity (Wildman–Crippen MR) is 129 cm³/mol. The number of aliphatic hydroxyl groups is 1. The molecule has 0 aromatic carbocycles. The van der Waals surface area contributed by atoms with Crippen molar-refractivity contribution in [3.05, 3.63) is 0 Å². The van der Waals surface area contributed by atoms with Crippen LogP contribution >= 0.6 is 0 Å². The normalized spacial score (nSPS) is 57.9. The highest BCUT2D eigenvalue weighted by atomic mass is 16.7. The van der Waals surface area contributed by atoms with E-state index in [1.54, 1.807) is 0 Å². The molecule has 2 aliphatic heterocycles. The largest absolute Gasteiger partial charge is 0.394 e. The van der Waals surface area contributed by atoms with Crippen LogP contribution in [-0.2, 0) is 14.2 Å². The van der Waals surface area contributed by atoms with Gasteiger partial charge in [0.25, 0.3) is 0 Å². The third-order valence-electron chi connectivity index (χ3n) is 12.3. The van der Waals surface area contributed by atoms with E-state index in [2.05, 4.69) is 27.7 Å². The molecule has 6 fully saturated rings. The highest BCUT2D eigenvalue weighted by Crippen LogP contribution is 2.71. The molecule has 4 heteroatoms. The van der Waals surface area contributed by atoms with Crippen LogP contribution in [0.1, 0.15) is 91.9 Å². The Kier molecular flexibility index (Phi) is 5.76. The van der Waals surface area contributed by atoms with Gasteiger partial charge in [0, 0.05) is 12.3 Å². The first-order valence-corrected chi connectivity index (χ1v) is 14.3. The van der Waals surface area contributed by atoms with Gasteiger partial charge in [-0.1, -0.05) is 27.7 Å². The lowest BCUT2D eigenvalue weighted by atomic mass is 9.44. The van der Waals surface area contributed by atoms with Crippen molar-refractivity contribution in [2.24, 2.45) is 52.3 Å². The number of hydrogen-bond acceptors (Lipinski definition) is 4. The van der Waals surface area contributed by atoms with E-state index in [0.717, 1.165) is 36.7 Å². The Morgan fingerprint density at radius 2 is 1.73 bits per heavy atom. The topological polar surface area (TPSA) is 47.9 Å².